The number of halogens is 1. The number of esters is 1. The van der Waals surface area contributed by atoms with Gasteiger partial charge in [0.1, 0.15) is 5.76 Å². The van der Waals surface area contributed by atoms with E-state index in [2.05, 4.69) is 0 Å². The van der Waals surface area contributed by atoms with Crippen LogP contribution in [-0.4, -0.2) is 10.9 Å². The number of nitro groups is 1. The summed E-state index contributed by atoms with van der Waals surface area (Å²) >= 11 is 5.83. The highest BCUT2D eigenvalue weighted by molar-refractivity contribution is 6.30. The quantitative estimate of drug-likeness (QED) is 0.366. The van der Waals surface area contributed by atoms with E-state index in [0.717, 1.165) is 0 Å². The molecule has 0 radical (unpaired) electrons. The van der Waals surface area contributed by atoms with Crippen LogP contribution in [0.1, 0.15) is 11.1 Å². The van der Waals surface area contributed by atoms with Crippen molar-refractivity contribution < 1.29 is 14.5 Å². The molecular weight excluding hydrogens is 318 g/mol. The average Bonchev–Trinajstić information content (AvgIpc) is 2.89. The molecule has 6 heteroatoms. The van der Waals surface area contributed by atoms with Crippen molar-refractivity contribution in [2.75, 3.05) is 0 Å². The third-order valence-electron chi connectivity index (χ3n) is 3.30. The summed E-state index contributed by atoms with van der Waals surface area (Å²) in [7, 11) is 0. The number of cyclic esters (lactones) is 1. The molecule has 0 amide bonds. The summed E-state index contributed by atoms with van der Waals surface area (Å²) < 4.78 is 5.21. The van der Waals surface area contributed by atoms with E-state index < -0.39 is 10.9 Å². The van der Waals surface area contributed by atoms with Crippen LogP contribution in [0.2, 0.25) is 5.02 Å². The van der Waals surface area contributed by atoms with Gasteiger partial charge in [0.2, 0.25) is 0 Å². The van der Waals surface area contributed by atoms with E-state index in [9.17, 15) is 14.9 Å². The number of carbonyl (C=O) groups is 1. The number of nitro benzene ring substituents is 1. The molecule has 114 valence electrons. The minimum Gasteiger partial charge on any atom is -0.422 e. The Bertz CT molecular complexity index is 853. The summed E-state index contributed by atoms with van der Waals surface area (Å²) in [4.78, 5) is 22.5. The van der Waals surface area contributed by atoms with E-state index >= 15 is 0 Å². The zero-order valence-electron chi connectivity index (χ0n) is 11.7. The molecule has 0 fully saturated rings. The lowest BCUT2D eigenvalue weighted by Crippen LogP contribution is -1.98. The molecule has 0 unspecified atom stereocenters. The first-order valence-corrected chi connectivity index (χ1v) is 7.07. The van der Waals surface area contributed by atoms with Crippen molar-refractivity contribution in [3.05, 3.63) is 86.4 Å². The third-order valence-corrected chi connectivity index (χ3v) is 3.55. The fourth-order valence-electron chi connectivity index (χ4n) is 2.19. The second kappa shape index (κ2) is 6.06. The number of hydrogen-bond acceptors (Lipinski definition) is 4. The molecule has 23 heavy (non-hydrogen) atoms. The van der Waals surface area contributed by atoms with E-state index in [4.69, 9.17) is 16.3 Å². The van der Waals surface area contributed by atoms with Gasteiger partial charge in [-0.3, -0.25) is 10.1 Å². The lowest BCUT2D eigenvalue weighted by atomic mass is 10.1. The summed E-state index contributed by atoms with van der Waals surface area (Å²) in [5.74, 6) is -0.162. The van der Waals surface area contributed by atoms with Gasteiger partial charge in [0.15, 0.2) is 0 Å². The van der Waals surface area contributed by atoms with E-state index in [1.165, 1.54) is 12.1 Å². The van der Waals surface area contributed by atoms with E-state index in [1.54, 1.807) is 48.5 Å². The molecule has 0 spiro atoms. The van der Waals surface area contributed by atoms with Gasteiger partial charge in [-0.25, -0.2) is 4.79 Å². The highest BCUT2D eigenvalue weighted by atomic mass is 35.5. The van der Waals surface area contributed by atoms with Gasteiger partial charge in [0.25, 0.3) is 5.69 Å². The SMILES string of the molecule is O=C1OC(c2ccc(Cl)cc2)=C/C1=C\c1ccccc1[N+](=O)[O-]. The van der Waals surface area contributed by atoms with Crippen molar-refractivity contribution in [1.29, 1.82) is 0 Å². The number of benzene rings is 2. The first-order chi connectivity index (χ1) is 11.0. The first-order valence-electron chi connectivity index (χ1n) is 6.69. The van der Waals surface area contributed by atoms with Gasteiger partial charge in [-0.1, -0.05) is 23.7 Å². The van der Waals surface area contributed by atoms with Crippen molar-refractivity contribution >= 4 is 35.1 Å². The Balaban J connectivity index is 1.99. The van der Waals surface area contributed by atoms with Crippen LogP contribution in [0, 0.1) is 10.1 Å². The summed E-state index contributed by atoms with van der Waals surface area (Å²) in [6.45, 7) is 0. The molecule has 0 atom stereocenters. The maximum atomic E-state index is 12.0. The summed E-state index contributed by atoms with van der Waals surface area (Å²) in [5, 5.41) is 11.6. The van der Waals surface area contributed by atoms with Crippen molar-refractivity contribution in [2.24, 2.45) is 0 Å². The summed E-state index contributed by atoms with van der Waals surface area (Å²) in [6, 6.07) is 13.0. The van der Waals surface area contributed by atoms with Gasteiger partial charge >= 0.3 is 5.97 Å². The first kappa shape index (κ1) is 15.0. The molecule has 3 rings (SSSR count). The molecule has 0 N–H and O–H groups in total. The zero-order chi connectivity index (χ0) is 16.4. The maximum Gasteiger partial charge on any atom is 0.343 e. The number of hydrogen-bond donors (Lipinski definition) is 0. The van der Waals surface area contributed by atoms with E-state index in [-0.39, 0.29) is 11.3 Å². The van der Waals surface area contributed by atoms with Gasteiger partial charge in [0.05, 0.1) is 16.1 Å². The Kier molecular flexibility index (Phi) is 3.95. The van der Waals surface area contributed by atoms with E-state index in [1.807, 2.05) is 0 Å². The van der Waals surface area contributed by atoms with Crippen LogP contribution in [0.15, 0.2) is 60.2 Å². The van der Waals surface area contributed by atoms with Crippen LogP contribution in [0.4, 0.5) is 5.69 Å². The third kappa shape index (κ3) is 3.14. The average molecular weight is 328 g/mol. The molecule has 0 aromatic heterocycles. The topological polar surface area (TPSA) is 69.4 Å². The van der Waals surface area contributed by atoms with Gasteiger partial charge in [-0.15, -0.1) is 0 Å². The molecule has 1 heterocycles. The lowest BCUT2D eigenvalue weighted by molar-refractivity contribution is -0.385. The second-order valence-corrected chi connectivity index (χ2v) is 5.26. The molecule has 1 aliphatic heterocycles. The number of para-hydroxylation sites is 1. The molecular formula is C17H10ClNO4. The van der Waals surface area contributed by atoms with Crippen molar-refractivity contribution in [1.82, 2.24) is 0 Å². The fraction of sp³-hybridized carbons (Fsp3) is 0. The maximum absolute atomic E-state index is 12.0. The van der Waals surface area contributed by atoms with Crippen molar-refractivity contribution in [2.45, 2.75) is 0 Å². The molecule has 1 aliphatic rings. The Morgan fingerprint density at radius 3 is 2.48 bits per heavy atom. The standard InChI is InChI=1S/C17H10ClNO4/c18-14-7-5-11(6-8-14)16-10-13(17(20)23-16)9-12-3-1-2-4-15(12)19(21)22/h1-10H/b13-9+. The Morgan fingerprint density at radius 2 is 1.78 bits per heavy atom. The lowest BCUT2D eigenvalue weighted by Gasteiger charge is -2.01. The van der Waals surface area contributed by atoms with Gasteiger partial charge in [0, 0.05) is 16.7 Å². The number of ether oxygens (including phenoxy) is 1. The molecule has 0 saturated heterocycles. The monoisotopic (exact) mass is 327 g/mol. The number of rotatable bonds is 3. The van der Waals surface area contributed by atoms with Crippen LogP contribution >= 0.6 is 11.6 Å². The normalized spacial score (nSPS) is 15.4. The van der Waals surface area contributed by atoms with Gasteiger partial charge in [-0.05, 0) is 42.5 Å². The molecule has 2 aromatic rings. The van der Waals surface area contributed by atoms with E-state index in [0.29, 0.717) is 21.9 Å². The summed E-state index contributed by atoms with van der Waals surface area (Å²) in [5.41, 5.74) is 1.23. The molecule has 0 bridgehead atoms. The fourth-order valence-corrected chi connectivity index (χ4v) is 2.31. The zero-order valence-corrected chi connectivity index (χ0v) is 12.5. The molecule has 2 aromatic carbocycles. The largest absolute Gasteiger partial charge is 0.422 e. The van der Waals surface area contributed by atoms with Gasteiger partial charge < -0.3 is 4.74 Å². The highest BCUT2D eigenvalue weighted by Crippen LogP contribution is 2.29. The Labute approximate surface area is 136 Å². The summed E-state index contributed by atoms with van der Waals surface area (Å²) in [6.07, 6.45) is 3.01. The van der Waals surface area contributed by atoms with Gasteiger partial charge in [-0.2, -0.15) is 0 Å². The predicted molar refractivity (Wildman–Crippen MR) is 86.6 cm³/mol. The van der Waals surface area contributed by atoms with Crippen LogP contribution in [0.5, 0.6) is 0 Å². The second-order valence-electron chi connectivity index (χ2n) is 4.82. The molecule has 0 saturated carbocycles. The van der Waals surface area contributed by atoms with Crippen LogP contribution in [0.3, 0.4) is 0 Å². The smallest absolute Gasteiger partial charge is 0.343 e. The Hall–Kier alpha value is -2.92. The van der Waals surface area contributed by atoms with Crippen molar-refractivity contribution in [3.8, 4) is 0 Å². The minimum absolute atomic E-state index is 0.0684. The van der Waals surface area contributed by atoms with Crippen molar-refractivity contribution in [3.63, 3.8) is 0 Å². The Morgan fingerprint density at radius 1 is 1.09 bits per heavy atom. The number of nitrogens with zero attached hydrogens (tertiary/aromatic N) is 1. The van der Waals surface area contributed by atoms with Crippen LogP contribution in [-0.2, 0) is 9.53 Å². The number of carbonyl (C=O) groups excluding carboxylic acids is 1. The predicted octanol–water partition coefficient (Wildman–Crippen LogP) is 4.23. The molecule has 0 aliphatic carbocycles. The van der Waals surface area contributed by atoms with Crippen LogP contribution in [0.25, 0.3) is 11.8 Å². The molecule has 5 nitrogen and oxygen atoms in total. The minimum atomic E-state index is -0.548. The van der Waals surface area contributed by atoms with Crippen LogP contribution < -0.4 is 0 Å². The highest BCUT2D eigenvalue weighted by Gasteiger charge is 2.23.